The fraction of sp³-hybridized carbons (Fsp3) is 0.409. The number of fused-ring (bicyclic) bond motifs is 2. The molecule has 1 radical (unpaired) electrons. The summed E-state index contributed by atoms with van der Waals surface area (Å²) >= 11 is 0. The molecule has 0 unspecified atom stereocenters. The second kappa shape index (κ2) is 17.9. The summed E-state index contributed by atoms with van der Waals surface area (Å²) in [6.07, 6.45) is 7.75. The number of furan rings is 1. The van der Waals surface area contributed by atoms with Crippen LogP contribution in [0.4, 0.5) is 0 Å². The quantitative estimate of drug-likeness (QED) is 0.0818. The molecule has 4 nitrogen and oxygen atoms in total. The zero-order valence-corrected chi connectivity index (χ0v) is 33.2. The second-order valence-corrected chi connectivity index (χ2v) is 14.3. The minimum absolute atomic E-state index is 0. The Labute approximate surface area is 307 Å². The van der Waals surface area contributed by atoms with Crippen LogP contribution in [0.3, 0.4) is 0 Å². The van der Waals surface area contributed by atoms with Gasteiger partial charge in [-0.2, -0.15) is 0 Å². The van der Waals surface area contributed by atoms with Crippen molar-refractivity contribution in [1.82, 2.24) is 4.98 Å². The number of aromatic nitrogens is 1. The summed E-state index contributed by atoms with van der Waals surface area (Å²) in [5.41, 5.74) is 6.55. The number of hydrogen-bond donors (Lipinski definition) is 1. The van der Waals surface area contributed by atoms with E-state index in [4.69, 9.17) is 9.40 Å². The third-order valence-electron chi connectivity index (χ3n) is 9.23. The molecule has 0 bridgehead atoms. The zero-order chi connectivity index (χ0) is 35.0. The molecule has 3 aromatic carbocycles. The summed E-state index contributed by atoms with van der Waals surface area (Å²) < 4.78 is 6.14. The molecule has 1 N–H and O–H groups in total. The maximum atomic E-state index is 11.7. The molecule has 5 heteroatoms. The van der Waals surface area contributed by atoms with Gasteiger partial charge in [0.15, 0.2) is 5.78 Å². The number of carbonyl (C=O) groups is 1. The standard InChI is InChI=1S/C31H30NO.C13H24O2.Ir/c1-20(2)15-24-19-27-25(11-8-12-30(27)33-24)22-13-14-32-29(18-22)23-16-21-9-6-7-10-26(21)28(17-23)31(3,4)5;1-5-10(6-2)12(14)9-13(15)11(7-3)8-4;/h6-14,17-20H,15H2,1-5H3;9-11,14H,5-8H2,1-4H3;/q-1;;/b;12-9-;. The molecular formula is C44H54IrNO3-. The van der Waals surface area contributed by atoms with E-state index in [1.165, 1.54) is 22.6 Å². The molecular weight excluding hydrogens is 783 g/mol. The minimum Gasteiger partial charge on any atom is -0.512 e. The van der Waals surface area contributed by atoms with Crippen molar-refractivity contribution in [1.29, 1.82) is 0 Å². The normalized spacial score (nSPS) is 12.0. The molecule has 2 heterocycles. The van der Waals surface area contributed by atoms with Crippen molar-refractivity contribution in [3.8, 4) is 22.4 Å². The summed E-state index contributed by atoms with van der Waals surface area (Å²) in [6, 6.07) is 27.1. The summed E-state index contributed by atoms with van der Waals surface area (Å²) in [5, 5.41) is 13.3. The van der Waals surface area contributed by atoms with Crippen LogP contribution in [0.1, 0.15) is 99.3 Å². The van der Waals surface area contributed by atoms with Crippen LogP contribution in [0.25, 0.3) is 44.1 Å². The Balaban J connectivity index is 0.000000347. The molecule has 0 saturated heterocycles. The number of aliphatic hydroxyl groups is 1. The Morgan fingerprint density at radius 3 is 2.18 bits per heavy atom. The van der Waals surface area contributed by atoms with E-state index in [2.05, 4.69) is 107 Å². The van der Waals surface area contributed by atoms with E-state index in [1.54, 1.807) is 0 Å². The van der Waals surface area contributed by atoms with Gasteiger partial charge in [-0.05, 0) is 66.3 Å². The van der Waals surface area contributed by atoms with E-state index in [-0.39, 0.29) is 48.9 Å². The van der Waals surface area contributed by atoms with Gasteiger partial charge in [0, 0.05) is 61.7 Å². The van der Waals surface area contributed by atoms with Gasteiger partial charge in [0.1, 0.15) is 11.3 Å². The van der Waals surface area contributed by atoms with Crippen LogP contribution in [0, 0.1) is 23.8 Å². The van der Waals surface area contributed by atoms with Crippen LogP contribution < -0.4 is 0 Å². The van der Waals surface area contributed by atoms with Crippen LogP contribution in [0.5, 0.6) is 0 Å². The summed E-state index contributed by atoms with van der Waals surface area (Å²) in [6.45, 7) is 19.3. The first-order valence-corrected chi connectivity index (χ1v) is 17.8. The molecule has 0 spiro atoms. The molecule has 263 valence electrons. The van der Waals surface area contributed by atoms with Gasteiger partial charge in [-0.1, -0.05) is 110 Å². The van der Waals surface area contributed by atoms with E-state index in [1.807, 2.05) is 33.9 Å². The number of rotatable bonds is 11. The molecule has 0 fully saturated rings. The topological polar surface area (TPSA) is 63.3 Å². The third-order valence-corrected chi connectivity index (χ3v) is 9.23. The first-order chi connectivity index (χ1) is 22.9. The SMILES string of the molecule is CC(C)Cc1cc2c(-c3ccnc(-c4[c-]c5ccccc5c(C(C)(C)C)c4)c3)cccc2o1.CCC(CC)C(=O)/C=C(\O)C(CC)CC.[Ir]. The Morgan fingerprint density at radius 2 is 1.55 bits per heavy atom. The first kappa shape index (κ1) is 39.9. The maximum absolute atomic E-state index is 11.7. The fourth-order valence-corrected chi connectivity index (χ4v) is 6.38. The number of hydrogen-bond acceptors (Lipinski definition) is 4. The molecule has 5 rings (SSSR count). The predicted octanol–water partition coefficient (Wildman–Crippen LogP) is 12.5. The number of ketones is 1. The van der Waals surface area contributed by atoms with Crippen molar-refractivity contribution in [3.05, 3.63) is 102 Å². The van der Waals surface area contributed by atoms with Gasteiger partial charge in [0.25, 0.3) is 0 Å². The molecule has 0 aliphatic heterocycles. The largest absolute Gasteiger partial charge is 0.512 e. The van der Waals surface area contributed by atoms with E-state index >= 15 is 0 Å². The molecule has 0 aliphatic rings. The van der Waals surface area contributed by atoms with Crippen LogP contribution in [-0.2, 0) is 36.7 Å². The molecule has 0 atom stereocenters. The molecule has 5 aromatic rings. The van der Waals surface area contributed by atoms with Gasteiger partial charge >= 0.3 is 0 Å². The number of aliphatic hydroxyl groups excluding tert-OH is 1. The number of carbonyl (C=O) groups excluding carboxylic acids is 1. The number of pyridine rings is 1. The van der Waals surface area contributed by atoms with Crippen molar-refractivity contribution >= 4 is 27.5 Å². The molecule has 0 aliphatic carbocycles. The number of benzene rings is 3. The Kier molecular flexibility index (Phi) is 14.6. The Hall–Kier alpha value is -3.53. The smallest absolute Gasteiger partial charge is 0.162 e. The minimum atomic E-state index is 0. The van der Waals surface area contributed by atoms with Gasteiger partial charge in [-0.25, -0.2) is 0 Å². The Bertz CT molecular complexity index is 1850. The number of allylic oxidation sites excluding steroid dienone is 2. The van der Waals surface area contributed by atoms with Crippen molar-refractivity contribution in [2.45, 2.75) is 99.8 Å². The second-order valence-electron chi connectivity index (χ2n) is 14.3. The summed E-state index contributed by atoms with van der Waals surface area (Å²) in [4.78, 5) is 16.5. The number of nitrogens with zero attached hydrogens (tertiary/aromatic N) is 1. The average Bonchev–Trinajstić information content (AvgIpc) is 3.47. The van der Waals surface area contributed by atoms with Crippen molar-refractivity contribution in [2.24, 2.45) is 17.8 Å². The monoisotopic (exact) mass is 837 g/mol. The molecule has 49 heavy (non-hydrogen) atoms. The third kappa shape index (κ3) is 10.0. The Morgan fingerprint density at radius 1 is 0.878 bits per heavy atom. The van der Waals surface area contributed by atoms with E-state index in [0.29, 0.717) is 5.92 Å². The van der Waals surface area contributed by atoms with Crippen molar-refractivity contribution in [3.63, 3.8) is 0 Å². The molecule has 0 saturated carbocycles. The van der Waals surface area contributed by atoms with Crippen LogP contribution in [-0.4, -0.2) is 15.9 Å². The van der Waals surface area contributed by atoms with Gasteiger partial charge in [-0.3, -0.25) is 9.78 Å². The van der Waals surface area contributed by atoms with Gasteiger partial charge in [0.2, 0.25) is 0 Å². The summed E-state index contributed by atoms with van der Waals surface area (Å²) in [7, 11) is 0. The van der Waals surface area contributed by atoms with E-state index in [9.17, 15) is 9.90 Å². The van der Waals surface area contributed by atoms with Crippen molar-refractivity contribution in [2.75, 3.05) is 0 Å². The fourth-order valence-electron chi connectivity index (χ4n) is 6.38. The van der Waals surface area contributed by atoms with Gasteiger partial charge in [-0.15, -0.1) is 29.1 Å². The zero-order valence-electron chi connectivity index (χ0n) is 30.8. The average molecular weight is 837 g/mol. The van der Waals surface area contributed by atoms with E-state index in [0.717, 1.165) is 71.0 Å². The predicted molar refractivity (Wildman–Crippen MR) is 202 cm³/mol. The first-order valence-electron chi connectivity index (χ1n) is 17.8. The van der Waals surface area contributed by atoms with Crippen LogP contribution in [0.2, 0.25) is 0 Å². The van der Waals surface area contributed by atoms with E-state index < -0.39 is 0 Å². The molecule has 2 aromatic heterocycles. The van der Waals surface area contributed by atoms with Crippen molar-refractivity contribution < 1.29 is 34.4 Å². The molecule has 0 amide bonds. The van der Waals surface area contributed by atoms with Crippen LogP contribution in [0.15, 0.2) is 89.2 Å². The van der Waals surface area contributed by atoms with Gasteiger partial charge in [0.05, 0.1) is 5.76 Å². The maximum Gasteiger partial charge on any atom is 0.162 e. The van der Waals surface area contributed by atoms with Crippen LogP contribution >= 0.6 is 0 Å². The van der Waals surface area contributed by atoms with Gasteiger partial charge < -0.3 is 9.52 Å². The summed E-state index contributed by atoms with van der Waals surface area (Å²) in [5.74, 6) is 2.15.